The number of halogens is 1. The molecule has 0 radical (unpaired) electrons. The van der Waals surface area contributed by atoms with E-state index in [0.29, 0.717) is 6.61 Å². The Bertz CT molecular complexity index is 88.6. The molecular weight excluding hydrogens is 159 g/mol. The highest BCUT2D eigenvalue weighted by molar-refractivity contribution is 4.49. The van der Waals surface area contributed by atoms with Crippen molar-refractivity contribution in [1.29, 1.82) is 0 Å². The van der Waals surface area contributed by atoms with Crippen LogP contribution in [0.2, 0.25) is 0 Å². The highest BCUT2D eigenvalue weighted by Gasteiger charge is 2.02. The molecular formula is C9H19FO2. The SMILES string of the molecule is CCCCCCOCC(F)CO. The smallest absolute Gasteiger partial charge is 0.146 e. The maximum absolute atomic E-state index is 12.3. The number of hydrogen-bond acceptors (Lipinski definition) is 2. The highest BCUT2D eigenvalue weighted by Crippen LogP contribution is 1.99. The van der Waals surface area contributed by atoms with Crippen LogP contribution in [0.5, 0.6) is 0 Å². The number of alkyl halides is 1. The first-order valence-corrected chi connectivity index (χ1v) is 4.64. The normalized spacial score (nSPS) is 13.2. The van der Waals surface area contributed by atoms with Crippen molar-refractivity contribution >= 4 is 0 Å². The van der Waals surface area contributed by atoms with Gasteiger partial charge in [-0.05, 0) is 6.42 Å². The first-order chi connectivity index (χ1) is 5.81. The molecule has 0 spiro atoms. The Morgan fingerprint density at radius 2 is 2.08 bits per heavy atom. The summed E-state index contributed by atoms with van der Waals surface area (Å²) in [5.74, 6) is 0. The third-order valence-electron chi connectivity index (χ3n) is 1.64. The van der Waals surface area contributed by atoms with Gasteiger partial charge in [0.2, 0.25) is 0 Å². The zero-order valence-corrected chi connectivity index (χ0v) is 7.76. The van der Waals surface area contributed by atoms with Crippen LogP contribution in [0.4, 0.5) is 4.39 Å². The monoisotopic (exact) mass is 178 g/mol. The van der Waals surface area contributed by atoms with Gasteiger partial charge < -0.3 is 9.84 Å². The molecule has 1 unspecified atom stereocenters. The van der Waals surface area contributed by atoms with Gasteiger partial charge in [0.25, 0.3) is 0 Å². The van der Waals surface area contributed by atoms with Gasteiger partial charge >= 0.3 is 0 Å². The minimum absolute atomic E-state index is 0.0304. The average molecular weight is 178 g/mol. The molecule has 0 saturated carbocycles. The second-order valence-electron chi connectivity index (χ2n) is 2.92. The van der Waals surface area contributed by atoms with Crippen molar-refractivity contribution in [3.05, 3.63) is 0 Å². The Kier molecular flexibility index (Phi) is 8.83. The number of rotatable bonds is 8. The molecule has 0 aromatic carbocycles. The molecule has 0 aromatic rings. The van der Waals surface area contributed by atoms with Crippen molar-refractivity contribution in [3.8, 4) is 0 Å². The number of hydrogen-bond donors (Lipinski definition) is 1. The van der Waals surface area contributed by atoms with Gasteiger partial charge in [-0.15, -0.1) is 0 Å². The van der Waals surface area contributed by atoms with Crippen LogP contribution in [0.1, 0.15) is 32.6 Å². The first kappa shape index (κ1) is 11.8. The summed E-state index contributed by atoms with van der Waals surface area (Å²) in [6.07, 6.45) is 3.33. The number of aliphatic hydroxyl groups excluding tert-OH is 1. The van der Waals surface area contributed by atoms with Crippen molar-refractivity contribution in [2.75, 3.05) is 19.8 Å². The fraction of sp³-hybridized carbons (Fsp3) is 1.00. The lowest BCUT2D eigenvalue weighted by Gasteiger charge is -2.05. The van der Waals surface area contributed by atoms with Crippen molar-refractivity contribution in [3.63, 3.8) is 0 Å². The fourth-order valence-electron chi connectivity index (χ4n) is 0.895. The molecule has 0 heterocycles. The maximum Gasteiger partial charge on any atom is 0.146 e. The summed E-state index contributed by atoms with van der Waals surface area (Å²) in [4.78, 5) is 0. The summed E-state index contributed by atoms with van der Waals surface area (Å²) in [5, 5.41) is 8.32. The summed E-state index contributed by atoms with van der Waals surface area (Å²) >= 11 is 0. The highest BCUT2D eigenvalue weighted by atomic mass is 19.1. The quantitative estimate of drug-likeness (QED) is 0.575. The van der Waals surface area contributed by atoms with E-state index < -0.39 is 12.8 Å². The van der Waals surface area contributed by atoms with Crippen LogP contribution >= 0.6 is 0 Å². The molecule has 74 valence electrons. The largest absolute Gasteiger partial charge is 0.393 e. The Hall–Kier alpha value is -0.150. The molecule has 0 saturated heterocycles. The van der Waals surface area contributed by atoms with Crippen LogP contribution < -0.4 is 0 Å². The van der Waals surface area contributed by atoms with Crippen LogP contribution in [0.25, 0.3) is 0 Å². The number of ether oxygens (including phenoxy) is 1. The van der Waals surface area contributed by atoms with Crippen molar-refractivity contribution < 1.29 is 14.2 Å². The van der Waals surface area contributed by atoms with Crippen molar-refractivity contribution in [1.82, 2.24) is 0 Å². The van der Waals surface area contributed by atoms with Gasteiger partial charge in [-0.1, -0.05) is 26.2 Å². The second kappa shape index (κ2) is 8.94. The van der Waals surface area contributed by atoms with Gasteiger partial charge in [-0.3, -0.25) is 0 Å². The van der Waals surface area contributed by atoms with Crippen LogP contribution in [0.3, 0.4) is 0 Å². The minimum Gasteiger partial charge on any atom is -0.393 e. The van der Waals surface area contributed by atoms with E-state index in [1.807, 2.05) is 0 Å². The predicted molar refractivity (Wildman–Crippen MR) is 46.9 cm³/mol. The molecule has 0 rings (SSSR count). The molecule has 0 aromatic heterocycles. The van der Waals surface area contributed by atoms with E-state index in [2.05, 4.69) is 6.92 Å². The van der Waals surface area contributed by atoms with Crippen LogP contribution in [-0.4, -0.2) is 31.1 Å². The third kappa shape index (κ3) is 7.95. The molecule has 1 N–H and O–H groups in total. The molecule has 0 bridgehead atoms. The fourth-order valence-corrected chi connectivity index (χ4v) is 0.895. The lowest BCUT2D eigenvalue weighted by molar-refractivity contribution is 0.0505. The van der Waals surface area contributed by atoms with Gasteiger partial charge in [0.1, 0.15) is 6.17 Å². The van der Waals surface area contributed by atoms with E-state index in [4.69, 9.17) is 9.84 Å². The summed E-state index contributed by atoms with van der Waals surface area (Å²) in [6, 6.07) is 0. The van der Waals surface area contributed by atoms with Gasteiger partial charge in [0, 0.05) is 6.61 Å². The summed E-state index contributed by atoms with van der Waals surface area (Å²) in [5.41, 5.74) is 0. The third-order valence-corrected chi connectivity index (χ3v) is 1.64. The van der Waals surface area contributed by atoms with Gasteiger partial charge in [-0.25, -0.2) is 4.39 Å². The predicted octanol–water partition coefficient (Wildman–Crippen LogP) is 1.91. The van der Waals surface area contributed by atoms with Crippen LogP contribution in [-0.2, 0) is 4.74 Å². The number of aliphatic hydroxyl groups is 1. The van der Waals surface area contributed by atoms with E-state index in [1.54, 1.807) is 0 Å². The zero-order chi connectivity index (χ0) is 9.23. The van der Waals surface area contributed by atoms with Crippen molar-refractivity contribution in [2.24, 2.45) is 0 Å². The van der Waals surface area contributed by atoms with E-state index in [9.17, 15) is 4.39 Å². The molecule has 0 fully saturated rings. The van der Waals surface area contributed by atoms with Gasteiger partial charge in [0.05, 0.1) is 13.2 Å². The molecule has 3 heteroatoms. The minimum atomic E-state index is -1.21. The maximum atomic E-state index is 12.3. The van der Waals surface area contributed by atoms with E-state index in [-0.39, 0.29) is 6.61 Å². The Morgan fingerprint density at radius 1 is 1.33 bits per heavy atom. The molecule has 2 nitrogen and oxygen atoms in total. The summed E-state index contributed by atoms with van der Waals surface area (Å²) < 4.78 is 17.3. The Morgan fingerprint density at radius 3 is 2.67 bits per heavy atom. The first-order valence-electron chi connectivity index (χ1n) is 4.64. The summed E-state index contributed by atoms with van der Waals surface area (Å²) in [7, 11) is 0. The molecule has 12 heavy (non-hydrogen) atoms. The van der Waals surface area contributed by atoms with Gasteiger partial charge in [0.15, 0.2) is 0 Å². The van der Waals surface area contributed by atoms with Gasteiger partial charge in [-0.2, -0.15) is 0 Å². The standard InChI is InChI=1S/C9H19FO2/c1-2-3-4-5-6-12-8-9(10)7-11/h9,11H,2-8H2,1H3. The summed E-state index contributed by atoms with van der Waals surface area (Å²) in [6.45, 7) is 2.35. The average Bonchev–Trinajstić information content (AvgIpc) is 2.10. The lowest BCUT2D eigenvalue weighted by atomic mass is 10.2. The van der Waals surface area contributed by atoms with Crippen LogP contribution in [0.15, 0.2) is 0 Å². The molecule has 0 amide bonds. The molecule has 1 atom stereocenters. The topological polar surface area (TPSA) is 29.5 Å². The molecule has 0 aliphatic carbocycles. The molecule has 0 aliphatic heterocycles. The van der Waals surface area contributed by atoms with E-state index in [1.165, 1.54) is 12.8 Å². The van der Waals surface area contributed by atoms with E-state index >= 15 is 0 Å². The van der Waals surface area contributed by atoms with E-state index in [0.717, 1.165) is 12.8 Å². The Balaban J connectivity index is 2.90. The second-order valence-corrected chi connectivity index (χ2v) is 2.92. The van der Waals surface area contributed by atoms with Crippen LogP contribution in [0, 0.1) is 0 Å². The lowest BCUT2D eigenvalue weighted by Crippen LogP contribution is -2.14. The Labute approximate surface area is 73.7 Å². The number of unbranched alkanes of at least 4 members (excludes halogenated alkanes) is 3. The van der Waals surface area contributed by atoms with Crippen molar-refractivity contribution in [2.45, 2.75) is 38.8 Å². The zero-order valence-electron chi connectivity index (χ0n) is 7.76. The molecule has 0 aliphatic rings.